The molecule has 1 fully saturated rings. The molecule has 1 aromatic heterocycles. The summed E-state index contributed by atoms with van der Waals surface area (Å²) in [6.07, 6.45) is 0.570. The van der Waals surface area contributed by atoms with E-state index in [0.717, 1.165) is 16.7 Å². The first-order valence-electron chi connectivity index (χ1n) is 7.11. The molecule has 6 nitrogen and oxygen atoms in total. The first-order chi connectivity index (χ1) is 10.4. The zero-order valence-electron chi connectivity index (χ0n) is 12.5. The third-order valence-electron chi connectivity index (χ3n) is 4.08. The van der Waals surface area contributed by atoms with E-state index in [9.17, 15) is 14.4 Å². The van der Waals surface area contributed by atoms with Crippen molar-refractivity contribution in [3.63, 3.8) is 0 Å². The number of piperidine rings is 1. The van der Waals surface area contributed by atoms with Crippen LogP contribution in [0.5, 0.6) is 0 Å². The maximum atomic E-state index is 12.6. The zero-order valence-corrected chi connectivity index (χ0v) is 12.5. The summed E-state index contributed by atoms with van der Waals surface area (Å²) >= 11 is 0. The van der Waals surface area contributed by atoms with Crippen molar-refractivity contribution < 1.29 is 9.59 Å². The van der Waals surface area contributed by atoms with Crippen LogP contribution in [0, 0.1) is 0 Å². The van der Waals surface area contributed by atoms with Crippen LogP contribution in [0.3, 0.4) is 0 Å². The lowest BCUT2D eigenvalue weighted by Gasteiger charge is -2.21. The smallest absolute Gasteiger partial charge is 0.295 e. The molecule has 1 unspecified atom stereocenters. The first-order valence-corrected chi connectivity index (χ1v) is 7.11. The van der Waals surface area contributed by atoms with Gasteiger partial charge in [-0.15, -0.1) is 0 Å². The van der Waals surface area contributed by atoms with Crippen LogP contribution in [-0.4, -0.2) is 20.9 Å². The van der Waals surface area contributed by atoms with Gasteiger partial charge in [0.2, 0.25) is 11.8 Å². The second-order valence-corrected chi connectivity index (χ2v) is 5.63. The summed E-state index contributed by atoms with van der Waals surface area (Å²) in [6.45, 7) is 5.82. The number of hydrogen-bond donors (Lipinski definition) is 1. The molecule has 22 heavy (non-hydrogen) atoms. The van der Waals surface area contributed by atoms with Gasteiger partial charge in [0.15, 0.2) is 0 Å². The number of carbonyl (C=O) groups excluding carboxylic acids is 2. The van der Waals surface area contributed by atoms with Crippen molar-refractivity contribution >= 4 is 28.4 Å². The first kappa shape index (κ1) is 14.3. The molecule has 2 amide bonds. The molecule has 0 aliphatic carbocycles. The quantitative estimate of drug-likeness (QED) is 0.851. The molecule has 0 bridgehead atoms. The number of rotatable bonds is 2. The minimum absolute atomic E-state index is 0.236. The van der Waals surface area contributed by atoms with Gasteiger partial charge >= 0.3 is 5.69 Å². The van der Waals surface area contributed by atoms with Crippen LogP contribution < -0.4 is 11.0 Å². The monoisotopic (exact) mass is 299 g/mol. The summed E-state index contributed by atoms with van der Waals surface area (Å²) in [5, 5.41) is 2.30. The summed E-state index contributed by atoms with van der Waals surface area (Å²) < 4.78 is 3.01. The van der Waals surface area contributed by atoms with E-state index in [4.69, 9.17) is 0 Å². The standard InChI is InChI=1S/C16H17N3O3/c1-9(2)10-5-4-6-11-14(10)18(3)16(22)19(11)12-7-8-13(20)17-15(12)21/h4-6,12H,1,7-8H2,2-3H3,(H,17,20,21). The molecule has 1 N–H and O–H groups in total. The number of fused-ring (bicyclic) bond motifs is 1. The van der Waals surface area contributed by atoms with E-state index in [0.29, 0.717) is 11.9 Å². The number of imidazole rings is 1. The number of imide groups is 1. The van der Waals surface area contributed by atoms with Crippen molar-refractivity contribution in [2.24, 2.45) is 7.05 Å². The van der Waals surface area contributed by atoms with Crippen LogP contribution in [0.2, 0.25) is 0 Å². The lowest BCUT2D eigenvalue weighted by Crippen LogP contribution is -2.44. The van der Waals surface area contributed by atoms with Crippen molar-refractivity contribution in [2.45, 2.75) is 25.8 Å². The molecule has 2 aromatic rings. The Morgan fingerprint density at radius 2 is 2.05 bits per heavy atom. The SMILES string of the molecule is C=C(C)c1cccc2c1n(C)c(=O)n2C1CCC(=O)NC1=O. The van der Waals surface area contributed by atoms with Crippen molar-refractivity contribution in [3.8, 4) is 0 Å². The molecule has 2 heterocycles. The molecule has 1 aliphatic rings. The van der Waals surface area contributed by atoms with Crippen molar-refractivity contribution in [2.75, 3.05) is 0 Å². The number of aromatic nitrogens is 2. The van der Waals surface area contributed by atoms with Gasteiger partial charge in [0.1, 0.15) is 6.04 Å². The normalized spacial score (nSPS) is 18.5. The molecule has 1 saturated heterocycles. The van der Waals surface area contributed by atoms with E-state index in [-0.39, 0.29) is 18.0 Å². The maximum absolute atomic E-state index is 12.6. The van der Waals surface area contributed by atoms with Gasteiger partial charge in [0.25, 0.3) is 0 Å². The maximum Gasteiger partial charge on any atom is 0.329 e. The molecular weight excluding hydrogens is 282 g/mol. The predicted molar refractivity (Wildman–Crippen MR) is 83.3 cm³/mol. The minimum atomic E-state index is -0.658. The average molecular weight is 299 g/mol. The van der Waals surface area contributed by atoms with Gasteiger partial charge in [-0.3, -0.25) is 24.0 Å². The molecule has 1 aromatic carbocycles. The molecule has 114 valence electrons. The number of nitrogens with zero attached hydrogens (tertiary/aromatic N) is 2. The molecule has 0 saturated carbocycles. The molecule has 1 atom stereocenters. The van der Waals surface area contributed by atoms with Crippen molar-refractivity contribution in [1.29, 1.82) is 0 Å². The van der Waals surface area contributed by atoms with Crippen LogP contribution in [-0.2, 0) is 16.6 Å². The van der Waals surface area contributed by atoms with Gasteiger partial charge in [-0.2, -0.15) is 0 Å². The lowest BCUT2D eigenvalue weighted by molar-refractivity contribution is -0.135. The Bertz CT molecular complexity index is 873. The summed E-state index contributed by atoms with van der Waals surface area (Å²) in [6, 6.07) is 4.90. The zero-order chi connectivity index (χ0) is 16.0. The molecule has 0 radical (unpaired) electrons. The number of hydrogen-bond acceptors (Lipinski definition) is 3. The van der Waals surface area contributed by atoms with Gasteiger partial charge in [0.05, 0.1) is 11.0 Å². The topological polar surface area (TPSA) is 73.1 Å². The van der Waals surface area contributed by atoms with E-state index in [1.165, 1.54) is 9.13 Å². The molecular formula is C16H17N3O3. The largest absolute Gasteiger partial charge is 0.329 e. The van der Waals surface area contributed by atoms with Gasteiger partial charge in [-0.25, -0.2) is 4.79 Å². The highest BCUT2D eigenvalue weighted by molar-refractivity contribution is 6.00. The number of amides is 2. The Morgan fingerprint density at radius 1 is 1.32 bits per heavy atom. The molecule has 0 spiro atoms. The van der Waals surface area contributed by atoms with E-state index in [1.807, 2.05) is 25.1 Å². The Labute approximate surface area is 127 Å². The third kappa shape index (κ3) is 1.99. The van der Waals surface area contributed by atoms with Crippen LogP contribution in [0.15, 0.2) is 29.6 Å². The fourth-order valence-electron chi connectivity index (χ4n) is 3.01. The van der Waals surface area contributed by atoms with Gasteiger partial charge < -0.3 is 0 Å². The Morgan fingerprint density at radius 3 is 2.68 bits per heavy atom. The number of nitrogens with one attached hydrogen (secondary N) is 1. The number of carbonyl (C=O) groups is 2. The Hall–Kier alpha value is -2.63. The van der Waals surface area contributed by atoms with Crippen molar-refractivity contribution in [1.82, 2.24) is 14.5 Å². The van der Waals surface area contributed by atoms with E-state index in [2.05, 4.69) is 11.9 Å². The van der Waals surface area contributed by atoms with Crippen LogP contribution >= 0.6 is 0 Å². The molecule has 6 heteroatoms. The van der Waals surface area contributed by atoms with Crippen LogP contribution in [0.4, 0.5) is 0 Å². The van der Waals surface area contributed by atoms with Crippen LogP contribution in [0.1, 0.15) is 31.4 Å². The highest BCUT2D eigenvalue weighted by Gasteiger charge is 2.31. The highest BCUT2D eigenvalue weighted by Crippen LogP contribution is 2.27. The second kappa shape index (κ2) is 4.98. The lowest BCUT2D eigenvalue weighted by atomic mass is 10.0. The van der Waals surface area contributed by atoms with E-state index < -0.39 is 11.9 Å². The van der Waals surface area contributed by atoms with Gasteiger partial charge in [-0.05, 0) is 25.0 Å². The average Bonchev–Trinajstić information content (AvgIpc) is 2.72. The fourth-order valence-corrected chi connectivity index (χ4v) is 3.01. The minimum Gasteiger partial charge on any atom is -0.295 e. The van der Waals surface area contributed by atoms with E-state index in [1.54, 1.807) is 7.05 Å². The number of aryl methyl sites for hydroxylation is 1. The second-order valence-electron chi connectivity index (χ2n) is 5.63. The molecule has 1 aliphatic heterocycles. The summed E-state index contributed by atoms with van der Waals surface area (Å²) in [5.41, 5.74) is 2.90. The number of allylic oxidation sites excluding steroid dienone is 1. The van der Waals surface area contributed by atoms with Crippen molar-refractivity contribution in [3.05, 3.63) is 40.8 Å². The van der Waals surface area contributed by atoms with Crippen LogP contribution in [0.25, 0.3) is 16.6 Å². The summed E-state index contributed by atoms with van der Waals surface area (Å²) in [7, 11) is 1.68. The highest BCUT2D eigenvalue weighted by atomic mass is 16.2. The predicted octanol–water partition coefficient (Wildman–Crippen LogP) is 1.35. The third-order valence-corrected chi connectivity index (χ3v) is 4.08. The Balaban J connectivity index is 2.28. The van der Waals surface area contributed by atoms with Gasteiger partial charge in [-0.1, -0.05) is 18.7 Å². The number of para-hydroxylation sites is 1. The summed E-state index contributed by atoms with van der Waals surface area (Å²) in [4.78, 5) is 36.0. The fraction of sp³-hybridized carbons (Fsp3) is 0.312. The number of benzene rings is 1. The molecule has 3 rings (SSSR count). The van der Waals surface area contributed by atoms with E-state index >= 15 is 0 Å². The summed E-state index contributed by atoms with van der Waals surface area (Å²) in [5.74, 6) is -0.719. The van der Waals surface area contributed by atoms with Gasteiger partial charge in [0, 0.05) is 19.0 Å². The Kier molecular flexibility index (Phi) is 3.24.